The normalized spacial score (nSPS) is 22.0. The molecule has 2 fully saturated rings. The van der Waals surface area contributed by atoms with Crippen LogP contribution in [0.5, 0.6) is 0 Å². The number of hydrogen-bond acceptors (Lipinski definition) is 2. The Bertz CT molecular complexity index is 733. The van der Waals surface area contributed by atoms with Gasteiger partial charge in [0, 0.05) is 11.6 Å². The van der Waals surface area contributed by atoms with Crippen LogP contribution in [-0.4, -0.2) is 22.1 Å². The van der Waals surface area contributed by atoms with E-state index < -0.39 is 0 Å². The third-order valence-electron chi connectivity index (χ3n) is 5.37. The zero-order valence-electron chi connectivity index (χ0n) is 12.9. The molecule has 1 aromatic carbocycles. The Morgan fingerprint density at radius 3 is 2.83 bits per heavy atom. The number of aromatic nitrogens is 2. The van der Waals surface area contributed by atoms with Gasteiger partial charge in [-0.15, -0.1) is 0 Å². The molecule has 1 aromatic heterocycles. The Balaban J connectivity index is 1.52. The summed E-state index contributed by atoms with van der Waals surface area (Å²) in [5.74, 6) is -0.523. The summed E-state index contributed by atoms with van der Waals surface area (Å²) in [6.07, 6.45) is 8.81. The minimum atomic E-state index is -0.360. The maximum Gasteiger partial charge on any atom is 0.255 e. The van der Waals surface area contributed by atoms with Gasteiger partial charge in [0.05, 0.1) is 17.5 Å². The van der Waals surface area contributed by atoms with Crippen molar-refractivity contribution in [1.82, 2.24) is 15.5 Å². The molecule has 2 N–H and O–H groups in total. The van der Waals surface area contributed by atoms with Crippen molar-refractivity contribution in [2.45, 2.75) is 44.6 Å². The Kier molecular flexibility index (Phi) is 3.43. The van der Waals surface area contributed by atoms with Crippen molar-refractivity contribution in [3.8, 4) is 11.3 Å². The van der Waals surface area contributed by atoms with Gasteiger partial charge in [-0.3, -0.25) is 9.89 Å². The van der Waals surface area contributed by atoms with Crippen LogP contribution >= 0.6 is 0 Å². The quantitative estimate of drug-likeness (QED) is 0.908. The maximum atomic E-state index is 14.0. The molecule has 2 saturated carbocycles. The highest BCUT2D eigenvalue weighted by atomic mass is 19.1. The predicted octanol–water partition coefficient (Wildman–Crippen LogP) is 3.67. The van der Waals surface area contributed by atoms with Gasteiger partial charge >= 0.3 is 0 Å². The summed E-state index contributed by atoms with van der Waals surface area (Å²) in [4.78, 5) is 12.6. The smallest absolute Gasteiger partial charge is 0.255 e. The van der Waals surface area contributed by atoms with E-state index in [1.807, 2.05) is 0 Å². The Morgan fingerprint density at radius 1 is 1.26 bits per heavy atom. The highest BCUT2D eigenvalue weighted by Gasteiger charge is 2.54. The number of halogens is 1. The van der Waals surface area contributed by atoms with E-state index in [-0.39, 0.29) is 17.8 Å². The molecule has 2 aromatic rings. The predicted molar refractivity (Wildman–Crippen MR) is 85.4 cm³/mol. The summed E-state index contributed by atoms with van der Waals surface area (Å²) in [5.41, 5.74) is 1.56. The molecular weight excluding hydrogens is 293 g/mol. The van der Waals surface area contributed by atoms with E-state index in [1.54, 1.807) is 18.2 Å². The number of carbonyl (C=O) groups excluding carboxylic acids is 1. The second-order valence-electron chi connectivity index (χ2n) is 6.79. The molecule has 23 heavy (non-hydrogen) atoms. The third-order valence-corrected chi connectivity index (χ3v) is 5.37. The van der Waals surface area contributed by atoms with Gasteiger partial charge in [-0.1, -0.05) is 31.4 Å². The number of amides is 1. The summed E-state index contributed by atoms with van der Waals surface area (Å²) in [6, 6.07) is 6.68. The van der Waals surface area contributed by atoms with Gasteiger partial charge in [-0.25, -0.2) is 4.39 Å². The fraction of sp³-hybridized carbons (Fsp3) is 0.444. The first-order chi connectivity index (χ1) is 11.2. The van der Waals surface area contributed by atoms with Gasteiger partial charge in [0.2, 0.25) is 0 Å². The van der Waals surface area contributed by atoms with Crippen LogP contribution in [0.3, 0.4) is 0 Å². The molecular formula is C18H20FN3O. The molecule has 0 radical (unpaired) electrons. The number of rotatable bonds is 3. The van der Waals surface area contributed by atoms with E-state index in [0.717, 1.165) is 6.42 Å². The van der Waals surface area contributed by atoms with Crippen LogP contribution in [-0.2, 0) is 0 Å². The van der Waals surface area contributed by atoms with Gasteiger partial charge in [-0.05, 0) is 36.8 Å². The van der Waals surface area contributed by atoms with Crippen molar-refractivity contribution in [1.29, 1.82) is 0 Å². The molecule has 4 rings (SSSR count). The highest BCUT2D eigenvalue weighted by molar-refractivity contribution is 6.00. The molecule has 1 spiro atoms. The van der Waals surface area contributed by atoms with Crippen LogP contribution in [0.1, 0.15) is 48.9 Å². The van der Waals surface area contributed by atoms with Crippen LogP contribution in [0, 0.1) is 11.2 Å². The standard InChI is InChI=1S/C18H20FN3O/c19-14-7-3-2-6-12(14)16-13(11-20-22-16)17(23)21-15-10-18(15)8-4-1-5-9-18/h2-3,6-7,11,15H,1,4-5,8-10H2,(H,20,22)(H,21,23). The first-order valence-electron chi connectivity index (χ1n) is 8.29. The molecule has 1 atom stereocenters. The lowest BCUT2D eigenvalue weighted by molar-refractivity contribution is 0.0942. The summed E-state index contributed by atoms with van der Waals surface area (Å²) in [7, 11) is 0. The molecule has 4 nitrogen and oxygen atoms in total. The molecule has 0 bridgehead atoms. The SMILES string of the molecule is O=C(NC1CC12CCCCC2)c1cn[nH]c1-c1ccccc1F. The van der Waals surface area contributed by atoms with E-state index in [9.17, 15) is 9.18 Å². The second-order valence-corrected chi connectivity index (χ2v) is 6.79. The number of aromatic amines is 1. The van der Waals surface area contributed by atoms with Gasteiger partial charge in [0.1, 0.15) is 5.82 Å². The van der Waals surface area contributed by atoms with Crippen molar-refractivity contribution in [2.75, 3.05) is 0 Å². The molecule has 1 unspecified atom stereocenters. The maximum absolute atomic E-state index is 14.0. The van der Waals surface area contributed by atoms with E-state index in [0.29, 0.717) is 22.2 Å². The number of hydrogen-bond donors (Lipinski definition) is 2. The Morgan fingerprint density at radius 2 is 2.04 bits per heavy atom. The average Bonchev–Trinajstić information content (AvgIpc) is 3.00. The number of benzene rings is 1. The fourth-order valence-corrected chi connectivity index (χ4v) is 3.92. The van der Waals surface area contributed by atoms with E-state index in [2.05, 4.69) is 15.5 Å². The number of nitrogens with one attached hydrogen (secondary N) is 2. The average molecular weight is 313 g/mol. The number of H-pyrrole nitrogens is 1. The lowest BCUT2D eigenvalue weighted by Gasteiger charge is -2.22. The molecule has 2 aliphatic carbocycles. The molecule has 0 saturated heterocycles. The molecule has 1 heterocycles. The minimum Gasteiger partial charge on any atom is -0.349 e. The zero-order valence-corrected chi connectivity index (χ0v) is 12.9. The monoisotopic (exact) mass is 313 g/mol. The van der Waals surface area contributed by atoms with Gasteiger partial charge in [-0.2, -0.15) is 5.10 Å². The first kappa shape index (κ1) is 14.4. The summed E-state index contributed by atoms with van der Waals surface area (Å²) < 4.78 is 14.0. The van der Waals surface area contributed by atoms with Crippen molar-refractivity contribution in [3.63, 3.8) is 0 Å². The Labute approximate surface area is 134 Å². The van der Waals surface area contributed by atoms with Crippen molar-refractivity contribution in [2.24, 2.45) is 5.41 Å². The molecule has 2 aliphatic rings. The lowest BCUT2D eigenvalue weighted by Crippen LogP contribution is -2.30. The minimum absolute atomic E-state index is 0.163. The topological polar surface area (TPSA) is 57.8 Å². The summed E-state index contributed by atoms with van der Waals surface area (Å²) >= 11 is 0. The van der Waals surface area contributed by atoms with Crippen LogP contribution in [0.4, 0.5) is 4.39 Å². The molecule has 5 heteroatoms. The fourth-order valence-electron chi connectivity index (χ4n) is 3.92. The van der Waals surface area contributed by atoms with Crippen LogP contribution < -0.4 is 5.32 Å². The van der Waals surface area contributed by atoms with E-state index in [4.69, 9.17) is 0 Å². The van der Waals surface area contributed by atoms with Crippen LogP contribution in [0.25, 0.3) is 11.3 Å². The number of nitrogens with zero attached hydrogens (tertiary/aromatic N) is 1. The van der Waals surface area contributed by atoms with E-state index >= 15 is 0 Å². The summed E-state index contributed by atoms with van der Waals surface area (Å²) in [5, 5.41) is 9.82. The van der Waals surface area contributed by atoms with E-state index in [1.165, 1.54) is 44.4 Å². The van der Waals surface area contributed by atoms with Gasteiger partial charge < -0.3 is 5.32 Å². The Hall–Kier alpha value is -2.17. The van der Waals surface area contributed by atoms with Crippen molar-refractivity contribution in [3.05, 3.63) is 41.8 Å². The lowest BCUT2D eigenvalue weighted by atomic mass is 9.86. The largest absolute Gasteiger partial charge is 0.349 e. The summed E-state index contributed by atoms with van der Waals surface area (Å²) in [6.45, 7) is 0. The number of carbonyl (C=O) groups is 1. The zero-order chi connectivity index (χ0) is 15.9. The molecule has 1 amide bonds. The van der Waals surface area contributed by atoms with Crippen molar-refractivity contribution < 1.29 is 9.18 Å². The second kappa shape index (κ2) is 5.48. The van der Waals surface area contributed by atoms with Gasteiger partial charge in [0.25, 0.3) is 5.91 Å². The molecule has 0 aliphatic heterocycles. The van der Waals surface area contributed by atoms with Crippen molar-refractivity contribution >= 4 is 5.91 Å². The van der Waals surface area contributed by atoms with Gasteiger partial charge in [0.15, 0.2) is 0 Å². The third kappa shape index (κ3) is 2.54. The van der Waals surface area contributed by atoms with Crippen LogP contribution in [0.15, 0.2) is 30.5 Å². The molecule has 120 valence electrons. The first-order valence-corrected chi connectivity index (χ1v) is 8.29. The highest BCUT2D eigenvalue weighted by Crippen LogP contribution is 2.56. The van der Waals surface area contributed by atoms with Crippen LogP contribution in [0.2, 0.25) is 0 Å².